The van der Waals surface area contributed by atoms with Crippen LogP contribution in [0.15, 0.2) is 0 Å². The number of hydrogen-bond donors (Lipinski definition) is 1. The fourth-order valence-electron chi connectivity index (χ4n) is 8.28. The summed E-state index contributed by atoms with van der Waals surface area (Å²) in [6.45, 7) is 5.89. The molecule has 0 aliphatic heterocycles. The van der Waals surface area contributed by atoms with Crippen molar-refractivity contribution < 1.29 is 31.5 Å². The quantitative estimate of drug-likeness (QED) is 0.493. The number of fused-ring (bicyclic) bond motifs is 5. The molecule has 0 radical (unpaired) electrons. The molecule has 0 amide bonds. The topological polar surface area (TPSA) is 107 Å². The summed E-state index contributed by atoms with van der Waals surface area (Å²) < 4.78 is 41.4. The SMILES string of the molecule is CC(=O)OCC(=O)[C@@H]1CC[C@@H]2[C@@H]3CC[C@@H]4C[C@H](OS(=O)(=O)O)CC[C@]4(C)[C@H]3CC[C@@]21C. The van der Waals surface area contributed by atoms with Gasteiger partial charge in [-0.25, -0.2) is 4.18 Å². The van der Waals surface area contributed by atoms with Gasteiger partial charge in [0.2, 0.25) is 0 Å². The molecule has 8 atom stereocenters. The van der Waals surface area contributed by atoms with Crippen LogP contribution in [-0.2, 0) is 28.9 Å². The van der Waals surface area contributed by atoms with E-state index in [-0.39, 0.29) is 29.1 Å². The maximum Gasteiger partial charge on any atom is 0.397 e. The molecule has 4 rings (SSSR count). The van der Waals surface area contributed by atoms with Crippen LogP contribution in [0.2, 0.25) is 0 Å². The summed E-state index contributed by atoms with van der Waals surface area (Å²) in [5, 5.41) is 0. The first-order valence-corrected chi connectivity index (χ1v) is 13.1. The maximum absolute atomic E-state index is 12.9. The predicted molar refractivity (Wildman–Crippen MR) is 113 cm³/mol. The molecule has 0 spiro atoms. The van der Waals surface area contributed by atoms with Gasteiger partial charge in [-0.2, -0.15) is 8.42 Å². The van der Waals surface area contributed by atoms with Crippen molar-refractivity contribution in [3.05, 3.63) is 0 Å². The molecule has 8 heteroatoms. The van der Waals surface area contributed by atoms with Crippen molar-refractivity contribution >= 4 is 22.2 Å². The van der Waals surface area contributed by atoms with Gasteiger partial charge >= 0.3 is 16.4 Å². The molecule has 0 bridgehead atoms. The van der Waals surface area contributed by atoms with Gasteiger partial charge in [0, 0.05) is 12.8 Å². The number of rotatable bonds is 5. The second-order valence-corrected chi connectivity index (χ2v) is 12.0. The number of esters is 1. The fourth-order valence-corrected chi connectivity index (χ4v) is 8.80. The van der Waals surface area contributed by atoms with Gasteiger partial charge in [-0.15, -0.1) is 0 Å². The molecule has 0 saturated heterocycles. The van der Waals surface area contributed by atoms with E-state index < -0.39 is 22.5 Å². The van der Waals surface area contributed by atoms with Crippen molar-refractivity contribution in [2.24, 2.45) is 40.4 Å². The van der Waals surface area contributed by atoms with E-state index in [0.29, 0.717) is 36.5 Å². The van der Waals surface area contributed by atoms with E-state index in [1.165, 1.54) is 6.92 Å². The number of hydrogen-bond acceptors (Lipinski definition) is 6. The predicted octanol–water partition coefficient (Wildman–Crippen LogP) is 3.97. The van der Waals surface area contributed by atoms with Gasteiger partial charge in [-0.05, 0) is 92.3 Å². The zero-order valence-corrected chi connectivity index (χ0v) is 19.7. The van der Waals surface area contributed by atoms with Crippen molar-refractivity contribution in [2.45, 2.75) is 84.7 Å². The molecular formula is C23H36O7S. The highest BCUT2D eigenvalue weighted by Gasteiger charge is 2.61. The largest absolute Gasteiger partial charge is 0.458 e. The molecule has 0 aromatic heterocycles. The van der Waals surface area contributed by atoms with Crippen LogP contribution in [0.25, 0.3) is 0 Å². The standard InChI is InChI=1S/C23H36O7S/c1-14(24)29-13-21(25)20-7-6-18-17-5-4-15-12-16(30-31(26,27)28)8-10-22(15,2)19(17)9-11-23(18,20)3/h15-20H,4-13H2,1-3H3,(H,26,27,28)/t15-,16-,17+,18-,19+,20+,22+,23+/m1/s1. The molecule has 1 N–H and O–H groups in total. The average molecular weight is 457 g/mol. The fraction of sp³-hybridized carbons (Fsp3) is 0.913. The first-order chi connectivity index (χ1) is 14.4. The lowest BCUT2D eigenvalue weighted by Gasteiger charge is -2.61. The van der Waals surface area contributed by atoms with Crippen molar-refractivity contribution in [1.29, 1.82) is 0 Å². The van der Waals surface area contributed by atoms with Crippen molar-refractivity contribution in [3.63, 3.8) is 0 Å². The summed E-state index contributed by atoms with van der Waals surface area (Å²) in [5.74, 6) is 1.73. The highest BCUT2D eigenvalue weighted by molar-refractivity contribution is 7.80. The zero-order chi connectivity index (χ0) is 22.6. The van der Waals surface area contributed by atoms with E-state index in [2.05, 4.69) is 13.8 Å². The molecule has 4 fully saturated rings. The van der Waals surface area contributed by atoms with Gasteiger partial charge in [0.05, 0.1) is 6.10 Å². The summed E-state index contributed by atoms with van der Waals surface area (Å²) in [6, 6.07) is 0. The van der Waals surface area contributed by atoms with Gasteiger partial charge in [0.25, 0.3) is 0 Å². The molecule has 0 aromatic rings. The molecule has 4 aliphatic rings. The monoisotopic (exact) mass is 456 g/mol. The van der Waals surface area contributed by atoms with Gasteiger partial charge in [-0.3, -0.25) is 14.1 Å². The summed E-state index contributed by atoms with van der Waals surface area (Å²) in [4.78, 5) is 24.0. The Morgan fingerprint density at radius 2 is 1.65 bits per heavy atom. The lowest BCUT2D eigenvalue weighted by Crippen LogP contribution is -2.54. The summed E-state index contributed by atoms with van der Waals surface area (Å²) in [6.07, 6.45) is 8.03. The number of carbonyl (C=O) groups is 2. The Morgan fingerprint density at radius 3 is 2.32 bits per heavy atom. The third kappa shape index (κ3) is 4.20. The minimum atomic E-state index is -4.41. The molecule has 0 aromatic carbocycles. The number of Topliss-reactive ketones (excluding diaryl/α,β-unsaturated/α-hetero) is 1. The first-order valence-electron chi connectivity index (χ1n) is 11.8. The van der Waals surface area contributed by atoms with E-state index >= 15 is 0 Å². The third-order valence-electron chi connectivity index (χ3n) is 9.68. The molecule has 7 nitrogen and oxygen atoms in total. The molecule has 0 heterocycles. The summed E-state index contributed by atoms with van der Waals surface area (Å²) in [7, 11) is -4.41. The highest BCUT2D eigenvalue weighted by Crippen LogP contribution is 2.67. The van der Waals surface area contributed by atoms with Gasteiger partial charge in [0.15, 0.2) is 5.78 Å². The minimum absolute atomic E-state index is 0.0210. The molecule has 176 valence electrons. The smallest absolute Gasteiger partial charge is 0.397 e. The zero-order valence-electron chi connectivity index (χ0n) is 18.8. The second-order valence-electron chi connectivity index (χ2n) is 11.0. The van der Waals surface area contributed by atoms with Crippen LogP contribution < -0.4 is 0 Å². The van der Waals surface area contributed by atoms with E-state index in [4.69, 9.17) is 13.5 Å². The van der Waals surface area contributed by atoms with E-state index in [9.17, 15) is 18.0 Å². The Labute approximate surface area is 185 Å². The molecule has 4 aliphatic carbocycles. The van der Waals surface area contributed by atoms with Gasteiger partial charge < -0.3 is 4.74 Å². The average Bonchev–Trinajstić information content (AvgIpc) is 3.02. The maximum atomic E-state index is 12.9. The van der Waals surface area contributed by atoms with Crippen LogP contribution >= 0.6 is 0 Å². The Balaban J connectivity index is 1.48. The minimum Gasteiger partial charge on any atom is -0.458 e. The van der Waals surface area contributed by atoms with Crippen molar-refractivity contribution in [3.8, 4) is 0 Å². The number of ketones is 1. The van der Waals surface area contributed by atoms with Crippen LogP contribution in [0.5, 0.6) is 0 Å². The summed E-state index contributed by atoms with van der Waals surface area (Å²) in [5.41, 5.74) is 0.135. The lowest BCUT2D eigenvalue weighted by molar-refractivity contribution is -0.151. The van der Waals surface area contributed by atoms with Crippen LogP contribution in [0.1, 0.15) is 78.6 Å². The van der Waals surface area contributed by atoms with Crippen LogP contribution in [-0.4, -0.2) is 37.4 Å². The lowest BCUT2D eigenvalue weighted by atomic mass is 9.44. The molecule has 0 unspecified atom stereocenters. The van der Waals surface area contributed by atoms with Crippen LogP contribution in [0.4, 0.5) is 0 Å². The van der Waals surface area contributed by atoms with Gasteiger partial charge in [-0.1, -0.05) is 13.8 Å². The first kappa shape index (κ1) is 23.2. The van der Waals surface area contributed by atoms with Crippen LogP contribution in [0.3, 0.4) is 0 Å². The Morgan fingerprint density at radius 1 is 0.968 bits per heavy atom. The Hall–Kier alpha value is -0.990. The molecular weight excluding hydrogens is 420 g/mol. The van der Waals surface area contributed by atoms with E-state index in [1.54, 1.807) is 0 Å². The normalized spacial score (nSPS) is 44.6. The Kier molecular flexibility index (Phi) is 6.06. The van der Waals surface area contributed by atoms with Gasteiger partial charge in [0.1, 0.15) is 6.61 Å². The Bertz CT molecular complexity index is 839. The van der Waals surface area contributed by atoms with Crippen molar-refractivity contribution in [1.82, 2.24) is 0 Å². The number of carbonyl (C=O) groups excluding carboxylic acids is 2. The highest BCUT2D eigenvalue weighted by atomic mass is 32.3. The molecule has 31 heavy (non-hydrogen) atoms. The second kappa shape index (κ2) is 8.10. The molecule has 4 saturated carbocycles. The third-order valence-corrected chi connectivity index (χ3v) is 10.2. The van der Waals surface area contributed by atoms with E-state index in [1.807, 2.05) is 0 Å². The van der Waals surface area contributed by atoms with Crippen molar-refractivity contribution in [2.75, 3.05) is 6.61 Å². The summed E-state index contributed by atoms with van der Waals surface area (Å²) >= 11 is 0. The van der Waals surface area contributed by atoms with Crippen LogP contribution in [0, 0.1) is 40.4 Å². The number of ether oxygens (including phenoxy) is 1. The van der Waals surface area contributed by atoms with E-state index in [0.717, 1.165) is 44.9 Å².